The zero-order valence-corrected chi connectivity index (χ0v) is 11.6. The zero-order valence-electron chi connectivity index (χ0n) is 11.6. The van der Waals surface area contributed by atoms with Crippen molar-refractivity contribution >= 4 is 5.91 Å². The lowest BCUT2D eigenvalue weighted by Crippen LogP contribution is -2.31. The molecule has 5 nitrogen and oxygen atoms in total. The Balaban J connectivity index is 2.14. The van der Waals surface area contributed by atoms with Crippen LogP contribution in [0.3, 0.4) is 0 Å². The van der Waals surface area contributed by atoms with Crippen LogP contribution in [0.1, 0.15) is 26.0 Å². The molecule has 102 valence electrons. The maximum Gasteiger partial charge on any atom is 0.241 e. The standard InChI is InChI=1S/C13H24N4O/c1-4-16(5-2)9-6-8-14-13(18)11-17-10-7-12(3)15-17/h7,10H,4-6,8-9,11H2,1-3H3,(H,14,18). The molecule has 18 heavy (non-hydrogen) atoms. The van der Waals surface area contributed by atoms with Crippen molar-refractivity contribution in [3.8, 4) is 0 Å². The second-order valence-electron chi connectivity index (χ2n) is 4.39. The second kappa shape index (κ2) is 7.87. The Bertz CT molecular complexity index is 358. The first-order valence-corrected chi connectivity index (χ1v) is 6.64. The van der Waals surface area contributed by atoms with Gasteiger partial charge in [0.25, 0.3) is 0 Å². The van der Waals surface area contributed by atoms with Crippen LogP contribution in [0.4, 0.5) is 0 Å². The van der Waals surface area contributed by atoms with Crippen LogP contribution in [0, 0.1) is 6.92 Å². The first-order valence-electron chi connectivity index (χ1n) is 6.64. The van der Waals surface area contributed by atoms with Gasteiger partial charge in [0.2, 0.25) is 5.91 Å². The summed E-state index contributed by atoms with van der Waals surface area (Å²) in [6.07, 6.45) is 2.82. The molecule has 0 aromatic carbocycles. The predicted octanol–water partition coefficient (Wildman–Crippen LogP) is 1.04. The van der Waals surface area contributed by atoms with Gasteiger partial charge in [0, 0.05) is 12.7 Å². The number of nitrogens with zero attached hydrogens (tertiary/aromatic N) is 3. The van der Waals surface area contributed by atoms with Crippen molar-refractivity contribution in [2.75, 3.05) is 26.2 Å². The molecule has 0 bridgehead atoms. The Hall–Kier alpha value is -1.36. The highest BCUT2D eigenvalue weighted by Crippen LogP contribution is 1.93. The van der Waals surface area contributed by atoms with E-state index in [0.717, 1.165) is 38.3 Å². The molecule has 1 aromatic heterocycles. The van der Waals surface area contributed by atoms with Crippen LogP contribution in [0.15, 0.2) is 12.3 Å². The lowest BCUT2D eigenvalue weighted by molar-refractivity contribution is -0.121. The number of hydrogen-bond donors (Lipinski definition) is 1. The van der Waals surface area contributed by atoms with Gasteiger partial charge < -0.3 is 10.2 Å². The molecular weight excluding hydrogens is 228 g/mol. The number of aryl methyl sites for hydroxylation is 1. The lowest BCUT2D eigenvalue weighted by Gasteiger charge is -2.17. The topological polar surface area (TPSA) is 50.2 Å². The van der Waals surface area contributed by atoms with Gasteiger partial charge in [-0.3, -0.25) is 9.48 Å². The summed E-state index contributed by atoms with van der Waals surface area (Å²) >= 11 is 0. The van der Waals surface area contributed by atoms with Crippen molar-refractivity contribution in [1.82, 2.24) is 20.0 Å². The largest absolute Gasteiger partial charge is 0.354 e. The third-order valence-electron chi connectivity index (χ3n) is 2.95. The first-order chi connectivity index (χ1) is 8.65. The molecule has 1 amide bonds. The van der Waals surface area contributed by atoms with Crippen molar-refractivity contribution in [2.24, 2.45) is 0 Å². The quantitative estimate of drug-likeness (QED) is 0.703. The normalized spacial score (nSPS) is 10.9. The van der Waals surface area contributed by atoms with E-state index in [9.17, 15) is 4.79 Å². The molecule has 0 radical (unpaired) electrons. The molecule has 5 heteroatoms. The summed E-state index contributed by atoms with van der Waals surface area (Å²) in [5, 5.41) is 7.10. The van der Waals surface area contributed by atoms with Gasteiger partial charge in [-0.1, -0.05) is 13.8 Å². The summed E-state index contributed by atoms with van der Waals surface area (Å²) in [7, 11) is 0. The van der Waals surface area contributed by atoms with E-state index in [4.69, 9.17) is 0 Å². The Kier molecular flexibility index (Phi) is 6.43. The summed E-state index contributed by atoms with van der Waals surface area (Å²) < 4.78 is 1.66. The maximum absolute atomic E-state index is 11.6. The molecule has 1 heterocycles. The number of carbonyl (C=O) groups excluding carboxylic acids is 1. The zero-order chi connectivity index (χ0) is 13.4. The summed E-state index contributed by atoms with van der Waals surface area (Å²) in [6, 6.07) is 1.90. The maximum atomic E-state index is 11.6. The highest BCUT2D eigenvalue weighted by Gasteiger charge is 2.03. The third kappa shape index (κ3) is 5.31. The van der Waals surface area contributed by atoms with E-state index in [1.54, 1.807) is 4.68 Å². The highest BCUT2D eigenvalue weighted by molar-refractivity contribution is 5.75. The third-order valence-corrected chi connectivity index (χ3v) is 2.95. The molecule has 0 fully saturated rings. The number of hydrogen-bond acceptors (Lipinski definition) is 3. The van der Waals surface area contributed by atoms with Crippen LogP contribution in [-0.4, -0.2) is 46.8 Å². The van der Waals surface area contributed by atoms with Crippen molar-refractivity contribution in [3.05, 3.63) is 18.0 Å². The minimum atomic E-state index is 0.0256. The SMILES string of the molecule is CCN(CC)CCCNC(=O)Cn1ccc(C)n1. The van der Waals surface area contributed by atoms with Crippen LogP contribution in [0.25, 0.3) is 0 Å². The van der Waals surface area contributed by atoms with Crippen LogP contribution < -0.4 is 5.32 Å². The molecule has 0 aliphatic carbocycles. The monoisotopic (exact) mass is 252 g/mol. The molecule has 0 unspecified atom stereocenters. The van der Waals surface area contributed by atoms with Crippen molar-refractivity contribution in [1.29, 1.82) is 0 Å². The van der Waals surface area contributed by atoms with Crippen LogP contribution in [0.5, 0.6) is 0 Å². The smallest absolute Gasteiger partial charge is 0.241 e. The number of rotatable bonds is 8. The molecule has 0 atom stereocenters. The van der Waals surface area contributed by atoms with Crippen molar-refractivity contribution in [2.45, 2.75) is 33.7 Å². The summed E-state index contributed by atoms with van der Waals surface area (Å²) in [6.45, 7) is 10.4. The summed E-state index contributed by atoms with van der Waals surface area (Å²) in [5.74, 6) is 0.0256. The van der Waals surface area contributed by atoms with Crippen LogP contribution in [0.2, 0.25) is 0 Å². The van der Waals surface area contributed by atoms with E-state index < -0.39 is 0 Å². The number of nitrogens with one attached hydrogen (secondary N) is 1. The van der Waals surface area contributed by atoms with Crippen molar-refractivity contribution in [3.63, 3.8) is 0 Å². The van der Waals surface area contributed by atoms with Gasteiger partial charge in [-0.05, 0) is 39.0 Å². The fourth-order valence-corrected chi connectivity index (χ4v) is 1.82. The molecule has 0 spiro atoms. The van der Waals surface area contributed by atoms with E-state index in [0.29, 0.717) is 6.54 Å². The molecule has 0 saturated heterocycles. The Morgan fingerprint density at radius 2 is 2.17 bits per heavy atom. The van der Waals surface area contributed by atoms with E-state index in [1.807, 2.05) is 19.2 Å². The molecule has 1 rings (SSSR count). The van der Waals surface area contributed by atoms with E-state index in [2.05, 4.69) is 29.2 Å². The Morgan fingerprint density at radius 1 is 1.44 bits per heavy atom. The average molecular weight is 252 g/mol. The van der Waals surface area contributed by atoms with Crippen LogP contribution in [-0.2, 0) is 11.3 Å². The molecule has 1 N–H and O–H groups in total. The predicted molar refractivity (Wildman–Crippen MR) is 72.4 cm³/mol. The summed E-state index contributed by atoms with van der Waals surface area (Å²) in [5.41, 5.74) is 0.935. The Labute approximate surface area is 109 Å². The average Bonchev–Trinajstić information content (AvgIpc) is 2.75. The number of aromatic nitrogens is 2. The Morgan fingerprint density at radius 3 is 2.72 bits per heavy atom. The van der Waals surface area contributed by atoms with Crippen LogP contribution >= 0.6 is 0 Å². The van der Waals surface area contributed by atoms with Gasteiger partial charge in [0.1, 0.15) is 6.54 Å². The fraction of sp³-hybridized carbons (Fsp3) is 0.692. The molecule has 1 aromatic rings. The minimum Gasteiger partial charge on any atom is -0.354 e. The second-order valence-corrected chi connectivity index (χ2v) is 4.39. The molecule has 0 aliphatic rings. The number of carbonyl (C=O) groups is 1. The molecule has 0 saturated carbocycles. The van der Waals surface area contributed by atoms with E-state index in [-0.39, 0.29) is 5.91 Å². The minimum absolute atomic E-state index is 0.0256. The number of amides is 1. The van der Waals surface area contributed by atoms with Gasteiger partial charge in [0.05, 0.1) is 5.69 Å². The van der Waals surface area contributed by atoms with Crippen molar-refractivity contribution < 1.29 is 4.79 Å². The molecular formula is C13H24N4O. The van der Waals surface area contributed by atoms with E-state index in [1.165, 1.54) is 0 Å². The molecule has 0 aliphatic heterocycles. The van der Waals surface area contributed by atoms with Gasteiger partial charge >= 0.3 is 0 Å². The van der Waals surface area contributed by atoms with E-state index >= 15 is 0 Å². The highest BCUT2D eigenvalue weighted by atomic mass is 16.2. The first kappa shape index (κ1) is 14.7. The van der Waals surface area contributed by atoms with Gasteiger partial charge in [-0.2, -0.15) is 5.10 Å². The van der Waals surface area contributed by atoms with Gasteiger partial charge in [0.15, 0.2) is 0 Å². The van der Waals surface area contributed by atoms with Gasteiger partial charge in [-0.15, -0.1) is 0 Å². The fourth-order valence-electron chi connectivity index (χ4n) is 1.82. The van der Waals surface area contributed by atoms with Gasteiger partial charge in [-0.25, -0.2) is 0 Å². The lowest BCUT2D eigenvalue weighted by atomic mass is 10.3. The summed E-state index contributed by atoms with van der Waals surface area (Å²) in [4.78, 5) is 14.0.